The van der Waals surface area contributed by atoms with Crippen LogP contribution in [0.15, 0.2) is 0 Å². The van der Waals surface area contributed by atoms with Crippen molar-refractivity contribution in [3.63, 3.8) is 0 Å². The van der Waals surface area contributed by atoms with Crippen molar-refractivity contribution in [2.45, 2.75) is 6.04 Å². The van der Waals surface area contributed by atoms with E-state index in [-0.39, 0.29) is 11.8 Å². The lowest BCUT2D eigenvalue weighted by Gasteiger charge is -2.18. The summed E-state index contributed by atoms with van der Waals surface area (Å²) in [5.74, 6) is 0.106. The van der Waals surface area contributed by atoms with Crippen LogP contribution in [0.5, 0.6) is 0 Å². The summed E-state index contributed by atoms with van der Waals surface area (Å²) in [7, 11) is 0. The second kappa shape index (κ2) is 4.54. The van der Waals surface area contributed by atoms with E-state index in [1.54, 1.807) is 0 Å². The molecule has 12 heavy (non-hydrogen) atoms. The van der Waals surface area contributed by atoms with Gasteiger partial charge in [0.1, 0.15) is 0 Å². The van der Waals surface area contributed by atoms with Crippen molar-refractivity contribution in [1.29, 1.82) is 0 Å². The van der Waals surface area contributed by atoms with E-state index in [2.05, 4.69) is 5.32 Å². The summed E-state index contributed by atoms with van der Waals surface area (Å²) in [6.45, 7) is 1.82. The molecule has 1 aliphatic rings. The smallest absolute Gasteiger partial charge is 0.213 e. The molecule has 1 atom stereocenters. The summed E-state index contributed by atoms with van der Waals surface area (Å²) in [6, 6.07) is -0.304. The molecule has 0 aromatic rings. The molecule has 0 aromatic heterocycles. The first-order valence-electron chi connectivity index (χ1n) is 3.79. The molecule has 1 unspecified atom stereocenters. The molecule has 0 saturated carbocycles. The highest BCUT2D eigenvalue weighted by Crippen LogP contribution is 2.04. The molecule has 1 heterocycles. The van der Waals surface area contributed by atoms with Crippen molar-refractivity contribution in [3.8, 4) is 0 Å². The van der Waals surface area contributed by atoms with Gasteiger partial charge in [0.25, 0.3) is 0 Å². The number of nitrogens with zero attached hydrogens (tertiary/aromatic N) is 1. The number of carbonyl (C=O) groups is 2. The molecule has 1 fully saturated rings. The average Bonchev–Trinajstić information content (AvgIpc) is 2.52. The standard InChI is InChI=1S/C7H11ClN2O2/c8-1-2-10-5-9-3-6(10)7(12)4-11/h4,6,9H,1-3,5H2. The van der Waals surface area contributed by atoms with Crippen LogP contribution in [-0.4, -0.2) is 48.6 Å². The van der Waals surface area contributed by atoms with Gasteiger partial charge in [0.15, 0.2) is 6.29 Å². The number of halogens is 1. The molecular formula is C7H11ClN2O2. The van der Waals surface area contributed by atoms with Gasteiger partial charge >= 0.3 is 0 Å². The summed E-state index contributed by atoms with van der Waals surface area (Å²) in [5.41, 5.74) is 0. The maximum absolute atomic E-state index is 11.0. The van der Waals surface area contributed by atoms with E-state index in [9.17, 15) is 9.59 Å². The second-order valence-electron chi connectivity index (χ2n) is 2.65. The zero-order valence-electron chi connectivity index (χ0n) is 6.62. The Hall–Kier alpha value is -0.450. The number of Topliss-reactive ketones (excluding diaryl/α,β-unsaturated/α-hetero) is 1. The molecule has 0 spiro atoms. The number of carbonyl (C=O) groups excluding carboxylic acids is 2. The number of ketones is 1. The largest absolute Gasteiger partial charge is 0.302 e. The molecule has 0 aromatic carbocycles. The number of nitrogens with one attached hydrogen (secondary N) is 1. The van der Waals surface area contributed by atoms with E-state index in [1.165, 1.54) is 0 Å². The van der Waals surface area contributed by atoms with E-state index in [0.717, 1.165) is 0 Å². The van der Waals surface area contributed by atoms with Crippen LogP contribution >= 0.6 is 11.6 Å². The predicted octanol–water partition coefficient (Wildman–Crippen LogP) is -0.776. The lowest BCUT2D eigenvalue weighted by Crippen LogP contribution is -2.39. The van der Waals surface area contributed by atoms with E-state index < -0.39 is 0 Å². The Kier molecular flexibility index (Phi) is 3.65. The van der Waals surface area contributed by atoms with Gasteiger partial charge in [0.2, 0.25) is 5.78 Å². The first-order valence-corrected chi connectivity index (χ1v) is 4.32. The molecule has 1 aliphatic heterocycles. The molecule has 0 radical (unpaired) electrons. The Labute approximate surface area is 75.9 Å². The maximum atomic E-state index is 11.0. The monoisotopic (exact) mass is 190 g/mol. The van der Waals surface area contributed by atoms with E-state index in [1.807, 2.05) is 4.90 Å². The van der Waals surface area contributed by atoms with Crippen molar-refractivity contribution in [3.05, 3.63) is 0 Å². The van der Waals surface area contributed by atoms with Crippen LogP contribution in [0.4, 0.5) is 0 Å². The van der Waals surface area contributed by atoms with Crippen LogP contribution in [-0.2, 0) is 9.59 Å². The minimum absolute atomic E-state index is 0.304. The number of hydrogen-bond acceptors (Lipinski definition) is 4. The highest BCUT2D eigenvalue weighted by Gasteiger charge is 2.28. The van der Waals surface area contributed by atoms with Gasteiger partial charge < -0.3 is 5.32 Å². The second-order valence-corrected chi connectivity index (χ2v) is 3.03. The molecule has 1 saturated heterocycles. The summed E-state index contributed by atoms with van der Waals surface area (Å²) in [4.78, 5) is 23.1. The molecular weight excluding hydrogens is 180 g/mol. The Balaban J connectivity index is 2.51. The Morgan fingerprint density at radius 2 is 2.50 bits per heavy atom. The van der Waals surface area contributed by atoms with Crippen molar-refractivity contribution < 1.29 is 9.59 Å². The van der Waals surface area contributed by atoms with Crippen LogP contribution in [0.1, 0.15) is 0 Å². The summed E-state index contributed by atoms with van der Waals surface area (Å²) in [5, 5.41) is 3.01. The first kappa shape index (κ1) is 9.64. The fourth-order valence-corrected chi connectivity index (χ4v) is 1.50. The van der Waals surface area contributed by atoms with E-state index >= 15 is 0 Å². The van der Waals surface area contributed by atoms with Crippen LogP contribution in [0.25, 0.3) is 0 Å². The summed E-state index contributed by atoms with van der Waals surface area (Å²) < 4.78 is 0. The minimum atomic E-state index is -0.370. The molecule has 4 nitrogen and oxygen atoms in total. The molecule has 1 rings (SSSR count). The third-order valence-electron chi connectivity index (χ3n) is 1.91. The Bertz CT molecular complexity index is 186. The Morgan fingerprint density at radius 1 is 1.75 bits per heavy atom. The highest BCUT2D eigenvalue weighted by molar-refractivity contribution is 6.27. The highest BCUT2D eigenvalue weighted by atomic mass is 35.5. The number of hydrogen-bond donors (Lipinski definition) is 1. The SMILES string of the molecule is O=CC(=O)C1CNCN1CCCl. The quantitative estimate of drug-likeness (QED) is 0.359. The number of rotatable bonds is 4. The van der Waals surface area contributed by atoms with Gasteiger partial charge in [-0.05, 0) is 0 Å². The fourth-order valence-electron chi connectivity index (χ4n) is 1.29. The summed E-state index contributed by atoms with van der Waals surface area (Å²) in [6.07, 6.45) is 0.374. The van der Waals surface area contributed by atoms with Gasteiger partial charge in [0.05, 0.1) is 6.04 Å². The molecule has 0 aliphatic carbocycles. The Morgan fingerprint density at radius 3 is 3.08 bits per heavy atom. The normalized spacial score (nSPS) is 24.2. The lowest BCUT2D eigenvalue weighted by molar-refractivity contribution is -0.132. The molecule has 0 bridgehead atoms. The average molecular weight is 191 g/mol. The van der Waals surface area contributed by atoms with Crippen molar-refractivity contribution in [1.82, 2.24) is 10.2 Å². The third-order valence-corrected chi connectivity index (χ3v) is 2.08. The molecule has 0 amide bonds. The van der Waals surface area contributed by atoms with Gasteiger partial charge in [-0.25, -0.2) is 0 Å². The van der Waals surface area contributed by atoms with Crippen LogP contribution in [0.2, 0.25) is 0 Å². The van der Waals surface area contributed by atoms with Crippen molar-refractivity contribution in [2.75, 3.05) is 25.6 Å². The third kappa shape index (κ3) is 2.03. The van der Waals surface area contributed by atoms with Crippen molar-refractivity contribution >= 4 is 23.7 Å². The first-order chi connectivity index (χ1) is 5.79. The van der Waals surface area contributed by atoms with Gasteiger partial charge in [0, 0.05) is 25.6 Å². The zero-order chi connectivity index (χ0) is 8.97. The zero-order valence-corrected chi connectivity index (χ0v) is 7.38. The van der Waals surface area contributed by atoms with E-state index in [4.69, 9.17) is 11.6 Å². The molecule has 1 N–H and O–H groups in total. The maximum Gasteiger partial charge on any atom is 0.213 e. The number of alkyl halides is 1. The fraction of sp³-hybridized carbons (Fsp3) is 0.714. The van der Waals surface area contributed by atoms with Gasteiger partial charge in [-0.15, -0.1) is 11.6 Å². The predicted molar refractivity (Wildman–Crippen MR) is 45.2 cm³/mol. The molecule has 5 heteroatoms. The van der Waals surface area contributed by atoms with Crippen LogP contribution in [0, 0.1) is 0 Å². The van der Waals surface area contributed by atoms with Crippen LogP contribution < -0.4 is 5.32 Å². The summed E-state index contributed by atoms with van der Waals surface area (Å²) >= 11 is 5.53. The van der Waals surface area contributed by atoms with E-state index in [0.29, 0.717) is 31.9 Å². The molecule has 68 valence electrons. The number of aldehydes is 1. The lowest BCUT2D eigenvalue weighted by atomic mass is 10.2. The minimum Gasteiger partial charge on any atom is -0.302 e. The topological polar surface area (TPSA) is 49.4 Å². The van der Waals surface area contributed by atoms with Gasteiger partial charge in [-0.1, -0.05) is 0 Å². The van der Waals surface area contributed by atoms with Crippen molar-refractivity contribution in [2.24, 2.45) is 0 Å². The van der Waals surface area contributed by atoms with Crippen LogP contribution in [0.3, 0.4) is 0 Å². The van der Waals surface area contributed by atoms with Gasteiger partial charge in [-0.3, -0.25) is 14.5 Å². The van der Waals surface area contributed by atoms with Gasteiger partial charge in [-0.2, -0.15) is 0 Å².